The van der Waals surface area contributed by atoms with Gasteiger partial charge in [-0.1, -0.05) is 0 Å². The topological polar surface area (TPSA) is 38.7 Å². The summed E-state index contributed by atoms with van der Waals surface area (Å²) in [6.07, 6.45) is 0. The van der Waals surface area contributed by atoms with Gasteiger partial charge >= 0.3 is 167 Å². The number of hydrogen-bond donors (Lipinski definition) is 0. The molecule has 3 nitrogen and oxygen atoms in total. The van der Waals surface area contributed by atoms with Gasteiger partial charge < -0.3 is 0 Å². The van der Waals surface area contributed by atoms with Crippen molar-refractivity contribution in [1.82, 2.24) is 0 Å². The standard InChI is InChI=1S/4C6H5.HNO2.Sb/c4*1-2-4-6-5-3-1;2-1-3;/h4*1-5H;(H,2,3);/q;;;;;+1/p-1. The van der Waals surface area contributed by atoms with Gasteiger partial charge in [-0.15, -0.1) is 0 Å². The normalized spacial score (nSPS) is 12.5. The van der Waals surface area contributed by atoms with Gasteiger partial charge in [-0.25, -0.2) is 0 Å². The van der Waals surface area contributed by atoms with E-state index in [1.165, 1.54) is 0 Å². The van der Waals surface area contributed by atoms with Gasteiger partial charge in [0, 0.05) is 0 Å². The van der Waals surface area contributed by atoms with Crippen LogP contribution < -0.4 is 14.0 Å². The quantitative estimate of drug-likeness (QED) is 0.244. The van der Waals surface area contributed by atoms with Gasteiger partial charge in [-0.3, -0.25) is 0 Å². The molecular formula is C24H20NO2Sb. The molecule has 0 radical (unpaired) electrons. The summed E-state index contributed by atoms with van der Waals surface area (Å²) in [6, 6.07) is 40.3. The first kappa shape index (κ1) is 18.5. The van der Waals surface area contributed by atoms with Crippen molar-refractivity contribution in [1.29, 1.82) is 0 Å². The molecule has 0 saturated carbocycles. The summed E-state index contributed by atoms with van der Waals surface area (Å²) in [5, 5.41) is 3.13. The Morgan fingerprint density at radius 1 is 0.464 bits per heavy atom. The average Bonchev–Trinajstić information content (AvgIpc) is 2.80. The van der Waals surface area contributed by atoms with Crippen LogP contribution in [0.1, 0.15) is 0 Å². The third kappa shape index (κ3) is 2.58. The van der Waals surface area contributed by atoms with Crippen LogP contribution in [-0.4, -0.2) is 17.8 Å². The van der Waals surface area contributed by atoms with Crippen molar-refractivity contribution >= 4 is 31.9 Å². The summed E-state index contributed by atoms with van der Waals surface area (Å²) < 4.78 is 10.2. The molecule has 0 aliphatic carbocycles. The fourth-order valence-corrected chi connectivity index (χ4v) is 19.0. The van der Waals surface area contributed by atoms with Gasteiger partial charge in [0.2, 0.25) is 0 Å². The van der Waals surface area contributed by atoms with E-state index in [9.17, 15) is 4.91 Å². The van der Waals surface area contributed by atoms with Crippen LogP contribution in [0.15, 0.2) is 127 Å². The Morgan fingerprint density at radius 2 is 0.714 bits per heavy atom. The summed E-state index contributed by atoms with van der Waals surface area (Å²) in [5.41, 5.74) is 0. The van der Waals surface area contributed by atoms with E-state index < -0.39 is 17.8 Å². The van der Waals surface area contributed by atoms with Crippen LogP contribution in [0, 0.1) is 4.91 Å². The molecule has 0 aliphatic rings. The second kappa shape index (κ2) is 7.61. The third-order valence-corrected chi connectivity index (χ3v) is 21.0. The number of hydrogen-bond acceptors (Lipinski definition) is 3. The minimum absolute atomic E-state index is 0.999. The molecule has 4 heteroatoms. The maximum atomic E-state index is 11.9. The molecule has 0 heterocycles. The second-order valence-corrected chi connectivity index (χ2v) is 18.8. The number of nitrogens with zero attached hydrogens (tertiary/aromatic N) is 1. The van der Waals surface area contributed by atoms with Crippen molar-refractivity contribution in [3.05, 3.63) is 126 Å². The fraction of sp³-hybridized carbons (Fsp3) is 0. The monoisotopic (exact) mass is 475 g/mol. The van der Waals surface area contributed by atoms with Crippen molar-refractivity contribution in [2.45, 2.75) is 0 Å². The van der Waals surface area contributed by atoms with Crippen molar-refractivity contribution in [2.24, 2.45) is 5.34 Å². The Morgan fingerprint density at radius 3 is 0.929 bits per heavy atom. The van der Waals surface area contributed by atoms with E-state index in [1.807, 2.05) is 72.8 Å². The van der Waals surface area contributed by atoms with Gasteiger partial charge in [-0.05, 0) is 0 Å². The Labute approximate surface area is 166 Å². The molecule has 4 aromatic carbocycles. The summed E-state index contributed by atoms with van der Waals surface area (Å²) in [5.74, 6) is 0. The first-order valence-electron chi connectivity index (χ1n) is 9.08. The van der Waals surface area contributed by atoms with Crippen LogP contribution in [0.4, 0.5) is 0 Å². The summed E-state index contributed by atoms with van der Waals surface area (Å²) in [4.78, 5) is 11.9. The van der Waals surface area contributed by atoms with E-state index in [0.717, 1.165) is 14.0 Å². The van der Waals surface area contributed by atoms with Crippen molar-refractivity contribution < 1.29 is 3.12 Å². The second-order valence-electron chi connectivity index (χ2n) is 6.53. The SMILES string of the molecule is O=N[O][Sb]([c]1ccccc1)([c]1ccccc1)([c]1ccccc1)[c]1ccccc1. The summed E-state index contributed by atoms with van der Waals surface area (Å²) in [6.45, 7) is 0. The predicted molar refractivity (Wildman–Crippen MR) is 117 cm³/mol. The van der Waals surface area contributed by atoms with Crippen LogP contribution in [-0.2, 0) is 3.12 Å². The molecule has 28 heavy (non-hydrogen) atoms. The zero-order valence-electron chi connectivity index (χ0n) is 15.3. The van der Waals surface area contributed by atoms with E-state index >= 15 is 0 Å². The van der Waals surface area contributed by atoms with E-state index in [1.54, 1.807) is 0 Å². The average molecular weight is 476 g/mol. The predicted octanol–water partition coefficient (Wildman–Crippen LogP) is 3.21. The zero-order chi connectivity index (χ0) is 19.3. The minimum atomic E-state index is -4.98. The molecule has 0 bridgehead atoms. The van der Waals surface area contributed by atoms with Crippen LogP contribution in [0.2, 0.25) is 0 Å². The Bertz CT molecular complexity index is 885. The molecule has 138 valence electrons. The molecular weight excluding hydrogens is 456 g/mol. The van der Waals surface area contributed by atoms with Gasteiger partial charge in [0.05, 0.1) is 0 Å². The molecule has 0 saturated heterocycles. The molecule has 0 aliphatic heterocycles. The zero-order valence-corrected chi connectivity index (χ0v) is 17.8. The van der Waals surface area contributed by atoms with Crippen LogP contribution in [0.5, 0.6) is 0 Å². The first-order chi connectivity index (χ1) is 13.8. The van der Waals surface area contributed by atoms with E-state index in [4.69, 9.17) is 3.12 Å². The number of rotatable bonds is 6. The Kier molecular flexibility index (Phi) is 5.02. The van der Waals surface area contributed by atoms with Crippen LogP contribution >= 0.6 is 0 Å². The van der Waals surface area contributed by atoms with Gasteiger partial charge in [0.15, 0.2) is 0 Å². The summed E-state index contributed by atoms with van der Waals surface area (Å²) >= 11 is -4.98. The first-order valence-corrected chi connectivity index (χ1v) is 15.2. The molecule has 0 atom stereocenters. The van der Waals surface area contributed by atoms with Crippen molar-refractivity contribution in [3.8, 4) is 0 Å². The van der Waals surface area contributed by atoms with Gasteiger partial charge in [0.1, 0.15) is 0 Å². The summed E-state index contributed by atoms with van der Waals surface area (Å²) in [7, 11) is 0. The molecule has 0 fully saturated rings. The molecule has 0 amide bonds. The van der Waals surface area contributed by atoms with Crippen molar-refractivity contribution in [3.63, 3.8) is 0 Å². The molecule has 0 N–H and O–H groups in total. The fourth-order valence-electron chi connectivity index (χ4n) is 4.00. The van der Waals surface area contributed by atoms with E-state index in [0.29, 0.717) is 0 Å². The Hall–Kier alpha value is -2.90. The molecule has 0 unspecified atom stereocenters. The van der Waals surface area contributed by atoms with E-state index in [-0.39, 0.29) is 0 Å². The van der Waals surface area contributed by atoms with Gasteiger partial charge in [-0.2, -0.15) is 0 Å². The molecule has 4 rings (SSSR count). The Balaban J connectivity index is 2.30. The maximum absolute atomic E-state index is 11.9. The molecule has 0 spiro atoms. The van der Waals surface area contributed by atoms with E-state index in [2.05, 4.69) is 53.9 Å². The van der Waals surface area contributed by atoms with Crippen LogP contribution in [0.3, 0.4) is 0 Å². The third-order valence-electron chi connectivity index (χ3n) is 5.19. The molecule has 4 aromatic rings. The van der Waals surface area contributed by atoms with Crippen molar-refractivity contribution in [2.75, 3.05) is 0 Å². The van der Waals surface area contributed by atoms with Gasteiger partial charge in [0.25, 0.3) is 0 Å². The number of benzene rings is 4. The van der Waals surface area contributed by atoms with Crippen LogP contribution in [0.25, 0.3) is 0 Å². The molecule has 0 aromatic heterocycles.